The van der Waals surface area contributed by atoms with E-state index in [1.807, 2.05) is 18.5 Å². The number of hydrazine groups is 1. The number of nitrogens with one attached hydrogen (secondary N) is 1. The molecule has 0 aromatic carbocycles. The molecule has 1 heterocycles. The summed E-state index contributed by atoms with van der Waals surface area (Å²) in [6.07, 6.45) is 0.851. The zero-order valence-electron chi connectivity index (χ0n) is 7.97. The third-order valence-corrected chi connectivity index (χ3v) is 2.40. The van der Waals surface area contributed by atoms with Gasteiger partial charge in [-0.3, -0.25) is 16.0 Å². The average Bonchev–Trinajstić information content (AvgIpc) is 2.45. The van der Waals surface area contributed by atoms with Crippen molar-refractivity contribution in [2.75, 3.05) is 0 Å². The zero-order chi connectivity index (χ0) is 9.84. The number of aryl methyl sites for hydroxylation is 2. The summed E-state index contributed by atoms with van der Waals surface area (Å²) >= 11 is 6.11. The van der Waals surface area contributed by atoms with Gasteiger partial charge in [-0.05, 0) is 13.3 Å². The van der Waals surface area contributed by atoms with Crippen LogP contribution >= 0.6 is 11.6 Å². The molecule has 3 N–H and O–H groups in total. The van der Waals surface area contributed by atoms with Crippen LogP contribution in [0.1, 0.15) is 25.2 Å². The van der Waals surface area contributed by atoms with Crippen molar-refractivity contribution in [2.45, 2.75) is 33.4 Å². The highest BCUT2D eigenvalue weighted by Crippen LogP contribution is 2.20. The van der Waals surface area contributed by atoms with Crippen molar-refractivity contribution in [3.63, 3.8) is 0 Å². The van der Waals surface area contributed by atoms with Gasteiger partial charge in [0.1, 0.15) is 0 Å². The fourth-order valence-corrected chi connectivity index (χ4v) is 1.62. The van der Waals surface area contributed by atoms with Crippen LogP contribution in [0.5, 0.6) is 0 Å². The maximum absolute atomic E-state index is 6.11. The number of hydrogen-bond donors (Lipinski definition) is 2. The highest BCUT2D eigenvalue weighted by molar-refractivity contribution is 6.31. The Morgan fingerprint density at radius 3 is 2.69 bits per heavy atom. The second kappa shape index (κ2) is 4.60. The number of halogens is 1. The van der Waals surface area contributed by atoms with Gasteiger partial charge < -0.3 is 0 Å². The van der Waals surface area contributed by atoms with E-state index in [2.05, 4.69) is 10.5 Å². The van der Waals surface area contributed by atoms with Gasteiger partial charge in [-0.1, -0.05) is 18.5 Å². The van der Waals surface area contributed by atoms with Crippen LogP contribution in [0.3, 0.4) is 0 Å². The molecule has 0 aliphatic carbocycles. The molecular formula is C8H15ClN4. The first-order valence-corrected chi connectivity index (χ1v) is 4.79. The number of rotatable bonds is 4. The Hall–Kier alpha value is -0.580. The molecular weight excluding hydrogens is 188 g/mol. The van der Waals surface area contributed by atoms with E-state index < -0.39 is 0 Å². The van der Waals surface area contributed by atoms with E-state index in [-0.39, 0.29) is 0 Å². The van der Waals surface area contributed by atoms with Gasteiger partial charge >= 0.3 is 0 Å². The number of aromatic nitrogens is 2. The minimum Gasteiger partial charge on any atom is -0.271 e. The van der Waals surface area contributed by atoms with Crippen LogP contribution in [-0.4, -0.2) is 9.78 Å². The fourth-order valence-electron chi connectivity index (χ4n) is 1.28. The normalized spacial score (nSPS) is 10.8. The Balaban J connectivity index is 3.05. The molecule has 0 amide bonds. The van der Waals surface area contributed by atoms with E-state index in [1.165, 1.54) is 0 Å². The van der Waals surface area contributed by atoms with E-state index in [0.717, 1.165) is 29.4 Å². The van der Waals surface area contributed by atoms with Gasteiger partial charge in [-0.2, -0.15) is 5.10 Å². The molecule has 1 aromatic rings. The van der Waals surface area contributed by atoms with E-state index in [1.54, 1.807) is 0 Å². The molecule has 0 saturated heterocycles. The van der Waals surface area contributed by atoms with Gasteiger partial charge in [0, 0.05) is 6.54 Å². The molecule has 4 nitrogen and oxygen atoms in total. The summed E-state index contributed by atoms with van der Waals surface area (Å²) in [5.41, 5.74) is 4.49. The van der Waals surface area contributed by atoms with E-state index in [4.69, 9.17) is 17.4 Å². The standard InChI is InChI=1S/C8H15ClN4/c1-3-6-8(9)7(5-11-10)13(4-2)12-6/h11H,3-5,10H2,1-2H3. The molecule has 13 heavy (non-hydrogen) atoms. The van der Waals surface area contributed by atoms with Crippen LogP contribution in [0, 0.1) is 0 Å². The van der Waals surface area contributed by atoms with Gasteiger partial charge in [-0.15, -0.1) is 0 Å². The van der Waals surface area contributed by atoms with E-state index >= 15 is 0 Å². The number of nitrogens with zero attached hydrogens (tertiary/aromatic N) is 2. The summed E-state index contributed by atoms with van der Waals surface area (Å²) in [6, 6.07) is 0. The SMILES string of the molecule is CCc1nn(CC)c(CNN)c1Cl. The van der Waals surface area contributed by atoms with Gasteiger partial charge in [-0.25, -0.2) is 0 Å². The van der Waals surface area contributed by atoms with Crippen LogP contribution in [0.4, 0.5) is 0 Å². The molecule has 74 valence electrons. The Kier molecular flexibility index (Phi) is 3.71. The van der Waals surface area contributed by atoms with Crippen molar-refractivity contribution in [1.29, 1.82) is 0 Å². The Labute approximate surface area is 83.0 Å². The summed E-state index contributed by atoms with van der Waals surface area (Å²) < 4.78 is 1.88. The van der Waals surface area contributed by atoms with Crippen molar-refractivity contribution in [3.05, 3.63) is 16.4 Å². The lowest BCUT2D eigenvalue weighted by Crippen LogP contribution is -2.23. The highest BCUT2D eigenvalue weighted by atomic mass is 35.5. The Bertz CT molecular complexity index is 282. The summed E-state index contributed by atoms with van der Waals surface area (Å²) in [6.45, 7) is 5.44. The number of nitrogens with two attached hydrogens (primary N) is 1. The third kappa shape index (κ3) is 2.02. The molecule has 0 radical (unpaired) electrons. The second-order valence-corrected chi connectivity index (χ2v) is 3.14. The second-order valence-electron chi connectivity index (χ2n) is 2.76. The predicted octanol–water partition coefficient (Wildman–Crippen LogP) is 1.08. The topological polar surface area (TPSA) is 55.9 Å². The smallest absolute Gasteiger partial charge is 0.0863 e. The Morgan fingerprint density at radius 1 is 1.54 bits per heavy atom. The predicted molar refractivity (Wildman–Crippen MR) is 53.3 cm³/mol. The molecule has 0 spiro atoms. The van der Waals surface area contributed by atoms with Crippen LogP contribution in [0.15, 0.2) is 0 Å². The van der Waals surface area contributed by atoms with Gasteiger partial charge in [0.15, 0.2) is 0 Å². The van der Waals surface area contributed by atoms with Crippen LogP contribution in [0.2, 0.25) is 5.02 Å². The molecule has 0 fully saturated rings. The first kappa shape index (κ1) is 10.5. The number of hydrogen-bond acceptors (Lipinski definition) is 3. The lowest BCUT2D eigenvalue weighted by molar-refractivity contribution is 0.586. The quantitative estimate of drug-likeness (QED) is 0.568. The fraction of sp³-hybridized carbons (Fsp3) is 0.625. The molecule has 1 rings (SSSR count). The molecule has 5 heteroatoms. The lowest BCUT2D eigenvalue weighted by Gasteiger charge is -2.03. The first-order chi connectivity index (χ1) is 6.24. The van der Waals surface area contributed by atoms with Crippen LogP contribution in [0.25, 0.3) is 0 Å². The first-order valence-electron chi connectivity index (χ1n) is 4.42. The molecule has 1 aromatic heterocycles. The molecule has 0 aliphatic heterocycles. The minimum absolute atomic E-state index is 0.555. The lowest BCUT2D eigenvalue weighted by atomic mass is 10.3. The van der Waals surface area contributed by atoms with Gasteiger partial charge in [0.25, 0.3) is 0 Å². The van der Waals surface area contributed by atoms with E-state index in [9.17, 15) is 0 Å². The summed E-state index contributed by atoms with van der Waals surface area (Å²) in [4.78, 5) is 0. The highest BCUT2D eigenvalue weighted by Gasteiger charge is 2.12. The van der Waals surface area contributed by atoms with Crippen molar-refractivity contribution in [1.82, 2.24) is 15.2 Å². The van der Waals surface area contributed by atoms with Gasteiger partial charge in [0.05, 0.1) is 23.0 Å². The molecule has 0 atom stereocenters. The van der Waals surface area contributed by atoms with Crippen LogP contribution < -0.4 is 11.3 Å². The van der Waals surface area contributed by atoms with Crippen molar-refractivity contribution < 1.29 is 0 Å². The summed E-state index contributed by atoms with van der Waals surface area (Å²) in [5.74, 6) is 5.25. The minimum atomic E-state index is 0.555. The van der Waals surface area contributed by atoms with Gasteiger partial charge in [0.2, 0.25) is 0 Å². The van der Waals surface area contributed by atoms with Crippen molar-refractivity contribution >= 4 is 11.6 Å². The largest absolute Gasteiger partial charge is 0.271 e. The maximum atomic E-state index is 6.11. The maximum Gasteiger partial charge on any atom is 0.0863 e. The summed E-state index contributed by atoms with van der Waals surface area (Å²) in [5, 5.41) is 5.09. The third-order valence-electron chi connectivity index (χ3n) is 1.96. The molecule has 0 aliphatic rings. The molecule has 0 unspecified atom stereocenters. The average molecular weight is 203 g/mol. The monoisotopic (exact) mass is 202 g/mol. The van der Waals surface area contributed by atoms with E-state index in [0.29, 0.717) is 6.54 Å². The van der Waals surface area contributed by atoms with Crippen molar-refractivity contribution in [2.24, 2.45) is 5.84 Å². The van der Waals surface area contributed by atoms with Crippen molar-refractivity contribution in [3.8, 4) is 0 Å². The Morgan fingerprint density at radius 2 is 2.23 bits per heavy atom. The molecule has 0 bridgehead atoms. The zero-order valence-corrected chi connectivity index (χ0v) is 8.73. The molecule has 0 saturated carbocycles. The summed E-state index contributed by atoms with van der Waals surface area (Å²) in [7, 11) is 0. The van der Waals surface area contributed by atoms with Crippen LogP contribution in [-0.2, 0) is 19.5 Å².